The lowest BCUT2D eigenvalue weighted by Gasteiger charge is -2.32. The molecule has 2 aromatic carbocycles. The third kappa shape index (κ3) is 4.99. The summed E-state index contributed by atoms with van der Waals surface area (Å²) in [5.41, 5.74) is 2.01. The molecule has 7 heteroatoms. The molecule has 1 fully saturated rings. The van der Waals surface area contributed by atoms with E-state index < -0.39 is 5.82 Å². The van der Waals surface area contributed by atoms with Crippen LogP contribution in [0.1, 0.15) is 46.0 Å². The lowest BCUT2D eigenvalue weighted by atomic mass is 10.0. The number of carbonyl (C=O) groups excluding carboxylic acids is 3. The number of piperidine rings is 1. The van der Waals surface area contributed by atoms with Gasteiger partial charge >= 0.3 is 0 Å². The first-order valence-electron chi connectivity index (χ1n) is 9.58. The van der Waals surface area contributed by atoms with Crippen molar-refractivity contribution in [3.05, 3.63) is 65.0 Å². The van der Waals surface area contributed by atoms with Crippen molar-refractivity contribution in [1.29, 1.82) is 0 Å². The molecule has 3 amide bonds. The van der Waals surface area contributed by atoms with Crippen molar-refractivity contribution in [3.8, 4) is 0 Å². The minimum absolute atomic E-state index is 0.0696. The van der Waals surface area contributed by atoms with Gasteiger partial charge in [-0.2, -0.15) is 0 Å². The van der Waals surface area contributed by atoms with Crippen LogP contribution in [0.15, 0.2) is 42.5 Å². The fourth-order valence-electron chi connectivity index (χ4n) is 3.39. The van der Waals surface area contributed by atoms with Crippen molar-refractivity contribution in [2.75, 3.05) is 18.4 Å². The van der Waals surface area contributed by atoms with Crippen LogP contribution in [0.3, 0.4) is 0 Å². The normalized spacial score (nSPS) is 14.4. The molecule has 0 bridgehead atoms. The first-order valence-corrected chi connectivity index (χ1v) is 9.58. The number of amides is 3. The first kappa shape index (κ1) is 20.5. The second-order valence-corrected chi connectivity index (χ2v) is 7.23. The van der Waals surface area contributed by atoms with Gasteiger partial charge in [0.15, 0.2) is 0 Å². The number of likely N-dealkylation sites (tertiary alicyclic amines) is 1. The van der Waals surface area contributed by atoms with Crippen molar-refractivity contribution >= 4 is 23.4 Å². The van der Waals surface area contributed by atoms with Crippen molar-refractivity contribution in [3.63, 3.8) is 0 Å². The zero-order chi connectivity index (χ0) is 21.0. The molecule has 0 aromatic heterocycles. The summed E-state index contributed by atoms with van der Waals surface area (Å²) < 4.78 is 13.8. The summed E-state index contributed by atoms with van der Waals surface area (Å²) in [5, 5.41) is 5.70. The summed E-state index contributed by atoms with van der Waals surface area (Å²) >= 11 is 0. The maximum Gasteiger partial charge on any atom is 0.256 e. The molecule has 0 atom stereocenters. The Morgan fingerprint density at radius 1 is 1.07 bits per heavy atom. The van der Waals surface area contributed by atoms with Crippen LogP contribution in [0.2, 0.25) is 0 Å². The predicted octanol–water partition coefficient (Wildman–Crippen LogP) is 3.13. The molecule has 6 nitrogen and oxygen atoms in total. The van der Waals surface area contributed by atoms with Crippen LogP contribution in [0.25, 0.3) is 0 Å². The van der Waals surface area contributed by atoms with Crippen molar-refractivity contribution in [2.24, 2.45) is 0 Å². The summed E-state index contributed by atoms with van der Waals surface area (Å²) in [5.74, 6) is -1.28. The van der Waals surface area contributed by atoms with Gasteiger partial charge in [0.2, 0.25) is 5.91 Å². The van der Waals surface area contributed by atoms with Crippen molar-refractivity contribution in [1.82, 2.24) is 10.2 Å². The fourth-order valence-corrected chi connectivity index (χ4v) is 3.39. The molecule has 1 heterocycles. The Morgan fingerprint density at radius 3 is 2.41 bits per heavy atom. The Labute approximate surface area is 169 Å². The molecule has 2 aromatic rings. The SMILES string of the molecule is CC(=O)Nc1cc(C(=O)NC2CCN(C(=O)c3ccccc3F)CC2)ccc1C. The van der Waals surface area contributed by atoms with Crippen LogP contribution in [-0.2, 0) is 4.79 Å². The van der Waals surface area contributed by atoms with Crippen molar-refractivity contribution in [2.45, 2.75) is 32.7 Å². The molecule has 0 aliphatic carbocycles. The molecule has 0 unspecified atom stereocenters. The Balaban J connectivity index is 1.58. The molecule has 152 valence electrons. The maximum atomic E-state index is 13.8. The van der Waals surface area contributed by atoms with Crippen LogP contribution >= 0.6 is 0 Å². The van der Waals surface area contributed by atoms with E-state index in [2.05, 4.69) is 10.6 Å². The minimum atomic E-state index is -0.526. The van der Waals surface area contributed by atoms with Crippen LogP contribution in [0.4, 0.5) is 10.1 Å². The number of hydrogen-bond donors (Lipinski definition) is 2. The zero-order valence-electron chi connectivity index (χ0n) is 16.5. The number of nitrogens with zero attached hydrogens (tertiary/aromatic N) is 1. The number of hydrogen-bond acceptors (Lipinski definition) is 3. The zero-order valence-corrected chi connectivity index (χ0v) is 16.5. The van der Waals surface area contributed by atoms with E-state index in [0.29, 0.717) is 37.2 Å². The Kier molecular flexibility index (Phi) is 6.26. The minimum Gasteiger partial charge on any atom is -0.349 e. The fraction of sp³-hybridized carbons (Fsp3) is 0.318. The van der Waals surface area contributed by atoms with Gasteiger partial charge in [0.05, 0.1) is 5.56 Å². The number of nitrogens with one attached hydrogen (secondary N) is 2. The van der Waals surface area contributed by atoms with E-state index in [0.717, 1.165) is 5.56 Å². The number of benzene rings is 2. The van der Waals surface area contributed by atoms with Gasteiger partial charge in [-0.1, -0.05) is 18.2 Å². The highest BCUT2D eigenvalue weighted by Gasteiger charge is 2.26. The van der Waals surface area contributed by atoms with E-state index in [-0.39, 0.29) is 29.3 Å². The highest BCUT2D eigenvalue weighted by Crippen LogP contribution is 2.19. The number of rotatable bonds is 4. The molecule has 29 heavy (non-hydrogen) atoms. The van der Waals surface area contributed by atoms with E-state index >= 15 is 0 Å². The lowest BCUT2D eigenvalue weighted by molar-refractivity contribution is -0.114. The second kappa shape index (κ2) is 8.86. The standard InChI is InChI=1S/C22H24FN3O3/c1-14-7-8-16(13-20(14)24-15(2)27)21(28)25-17-9-11-26(12-10-17)22(29)18-5-3-4-6-19(18)23/h3-8,13,17H,9-12H2,1-2H3,(H,24,27)(H,25,28). The summed E-state index contributed by atoms with van der Waals surface area (Å²) in [6.45, 7) is 4.17. The third-order valence-electron chi connectivity index (χ3n) is 5.03. The van der Waals surface area contributed by atoms with Gasteiger partial charge in [0.25, 0.3) is 11.8 Å². The highest BCUT2D eigenvalue weighted by molar-refractivity contribution is 5.97. The van der Waals surface area contributed by atoms with Gasteiger partial charge < -0.3 is 15.5 Å². The largest absolute Gasteiger partial charge is 0.349 e. The number of aryl methyl sites for hydroxylation is 1. The molecule has 1 aliphatic heterocycles. The maximum absolute atomic E-state index is 13.8. The first-order chi connectivity index (χ1) is 13.8. The molecule has 0 radical (unpaired) electrons. The number of carbonyl (C=O) groups is 3. The molecule has 0 spiro atoms. The summed E-state index contributed by atoms with van der Waals surface area (Å²) in [7, 11) is 0. The van der Waals surface area contributed by atoms with E-state index in [4.69, 9.17) is 0 Å². The molecule has 0 saturated carbocycles. The number of anilines is 1. The van der Waals surface area contributed by atoms with E-state index in [9.17, 15) is 18.8 Å². The van der Waals surface area contributed by atoms with E-state index in [1.807, 2.05) is 6.92 Å². The molecule has 2 N–H and O–H groups in total. The Morgan fingerprint density at radius 2 is 1.76 bits per heavy atom. The average molecular weight is 397 g/mol. The summed E-state index contributed by atoms with van der Waals surface area (Å²) in [4.78, 5) is 38.0. The second-order valence-electron chi connectivity index (χ2n) is 7.23. The monoisotopic (exact) mass is 397 g/mol. The van der Waals surface area contributed by atoms with Gasteiger partial charge in [-0.25, -0.2) is 4.39 Å². The van der Waals surface area contributed by atoms with E-state index in [1.54, 1.807) is 35.2 Å². The quantitative estimate of drug-likeness (QED) is 0.832. The Hall–Kier alpha value is -3.22. The van der Waals surface area contributed by atoms with Gasteiger partial charge in [-0.15, -0.1) is 0 Å². The third-order valence-corrected chi connectivity index (χ3v) is 5.03. The highest BCUT2D eigenvalue weighted by atomic mass is 19.1. The molecule has 3 rings (SSSR count). The van der Waals surface area contributed by atoms with Gasteiger partial charge in [0, 0.05) is 37.3 Å². The predicted molar refractivity (Wildman–Crippen MR) is 108 cm³/mol. The average Bonchev–Trinajstić information content (AvgIpc) is 2.69. The molecule has 1 saturated heterocycles. The van der Waals surface area contributed by atoms with Gasteiger partial charge in [0.1, 0.15) is 5.82 Å². The lowest BCUT2D eigenvalue weighted by Crippen LogP contribution is -2.46. The summed E-state index contributed by atoms with van der Waals surface area (Å²) in [6, 6.07) is 11.0. The van der Waals surface area contributed by atoms with Gasteiger partial charge in [-0.3, -0.25) is 14.4 Å². The van der Waals surface area contributed by atoms with E-state index in [1.165, 1.54) is 19.1 Å². The topological polar surface area (TPSA) is 78.5 Å². The molecule has 1 aliphatic rings. The van der Waals surface area contributed by atoms with Crippen LogP contribution in [0.5, 0.6) is 0 Å². The van der Waals surface area contributed by atoms with Crippen LogP contribution < -0.4 is 10.6 Å². The number of halogens is 1. The van der Waals surface area contributed by atoms with Crippen LogP contribution in [-0.4, -0.2) is 41.8 Å². The van der Waals surface area contributed by atoms with Crippen LogP contribution in [0, 0.1) is 12.7 Å². The smallest absolute Gasteiger partial charge is 0.256 e. The summed E-state index contributed by atoms with van der Waals surface area (Å²) in [6.07, 6.45) is 1.19. The van der Waals surface area contributed by atoms with Crippen molar-refractivity contribution < 1.29 is 18.8 Å². The molecular weight excluding hydrogens is 373 g/mol. The Bertz CT molecular complexity index is 937. The van der Waals surface area contributed by atoms with Gasteiger partial charge in [-0.05, 0) is 49.6 Å². The molecular formula is C22H24FN3O3.